The second-order valence-corrected chi connectivity index (χ2v) is 7.88. The van der Waals surface area contributed by atoms with Crippen LogP contribution in [0.15, 0.2) is 28.7 Å². The Balaban J connectivity index is 2.06. The first-order valence-corrected chi connectivity index (χ1v) is 8.09. The monoisotopic (exact) mass is 334 g/mol. The van der Waals surface area contributed by atoms with E-state index >= 15 is 0 Å². The van der Waals surface area contributed by atoms with Crippen molar-refractivity contribution in [2.24, 2.45) is 11.3 Å². The highest BCUT2D eigenvalue weighted by Gasteiger charge is 2.38. The maximum absolute atomic E-state index is 9.62. The van der Waals surface area contributed by atoms with E-state index in [-0.39, 0.29) is 0 Å². The molecule has 1 aliphatic rings. The molecule has 1 aliphatic carbocycles. The zero-order valence-electron chi connectivity index (χ0n) is 12.5. The van der Waals surface area contributed by atoms with Crippen LogP contribution in [0.2, 0.25) is 0 Å². The van der Waals surface area contributed by atoms with Gasteiger partial charge < -0.3 is 5.32 Å². The van der Waals surface area contributed by atoms with Gasteiger partial charge in [-0.1, -0.05) is 36.7 Å². The standard InChI is InChI=1S/C17H23BrN2/c1-16(2,3)13-8-10-17(12-19,11-9-13)20-15-6-4-14(18)5-7-15/h4-7,13,20H,8-11H2,1-3H3. The molecule has 1 saturated carbocycles. The Morgan fingerprint density at radius 1 is 1.20 bits per heavy atom. The predicted octanol–water partition coefficient (Wildman–Crippen LogP) is 5.36. The molecule has 0 amide bonds. The van der Waals surface area contributed by atoms with Crippen molar-refractivity contribution in [2.45, 2.75) is 52.0 Å². The van der Waals surface area contributed by atoms with Gasteiger partial charge in [-0.25, -0.2) is 0 Å². The predicted molar refractivity (Wildman–Crippen MR) is 87.5 cm³/mol. The van der Waals surface area contributed by atoms with Gasteiger partial charge >= 0.3 is 0 Å². The molecule has 0 radical (unpaired) electrons. The first kappa shape index (κ1) is 15.4. The summed E-state index contributed by atoms with van der Waals surface area (Å²) in [6.07, 6.45) is 4.12. The van der Waals surface area contributed by atoms with Crippen LogP contribution in [0.25, 0.3) is 0 Å². The summed E-state index contributed by atoms with van der Waals surface area (Å²) < 4.78 is 1.06. The molecule has 20 heavy (non-hydrogen) atoms. The molecule has 0 spiro atoms. The summed E-state index contributed by atoms with van der Waals surface area (Å²) in [7, 11) is 0. The van der Waals surface area contributed by atoms with Crippen molar-refractivity contribution in [3.05, 3.63) is 28.7 Å². The third kappa shape index (κ3) is 3.55. The molecular weight excluding hydrogens is 312 g/mol. The number of hydrogen-bond acceptors (Lipinski definition) is 2. The average Bonchev–Trinajstić information content (AvgIpc) is 2.41. The Kier molecular flexibility index (Phi) is 4.44. The minimum atomic E-state index is -0.393. The highest BCUT2D eigenvalue weighted by molar-refractivity contribution is 9.10. The summed E-state index contributed by atoms with van der Waals surface area (Å²) in [5.41, 5.74) is 0.985. The summed E-state index contributed by atoms with van der Waals surface area (Å²) in [5.74, 6) is 0.718. The fraction of sp³-hybridized carbons (Fsp3) is 0.588. The van der Waals surface area contributed by atoms with E-state index < -0.39 is 5.54 Å². The summed E-state index contributed by atoms with van der Waals surface area (Å²) >= 11 is 3.44. The average molecular weight is 335 g/mol. The highest BCUT2D eigenvalue weighted by atomic mass is 79.9. The van der Waals surface area contributed by atoms with E-state index in [1.807, 2.05) is 24.3 Å². The van der Waals surface area contributed by atoms with Gasteiger partial charge in [0.2, 0.25) is 0 Å². The minimum absolute atomic E-state index is 0.346. The zero-order chi connectivity index (χ0) is 14.8. The molecule has 0 aromatic heterocycles. The Morgan fingerprint density at radius 2 is 1.75 bits per heavy atom. The summed E-state index contributed by atoms with van der Waals surface area (Å²) in [4.78, 5) is 0. The molecule has 2 rings (SSSR count). The van der Waals surface area contributed by atoms with Crippen LogP contribution in [0, 0.1) is 22.7 Å². The lowest BCUT2D eigenvalue weighted by Crippen LogP contribution is -2.42. The van der Waals surface area contributed by atoms with E-state index in [0.29, 0.717) is 5.41 Å². The molecule has 0 atom stereocenters. The zero-order valence-corrected chi connectivity index (χ0v) is 14.1. The van der Waals surface area contributed by atoms with Crippen LogP contribution < -0.4 is 5.32 Å². The van der Waals surface area contributed by atoms with Crippen LogP contribution in [0.5, 0.6) is 0 Å². The Bertz CT molecular complexity index is 485. The van der Waals surface area contributed by atoms with Crippen molar-refractivity contribution in [2.75, 3.05) is 5.32 Å². The van der Waals surface area contributed by atoms with E-state index in [2.05, 4.69) is 48.1 Å². The minimum Gasteiger partial charge on any atom is -0.367 e. The van der Waals surface area contributed by atoms with Crippen LogP contribution in [0.3, 0.4) is 0 Å². The maximum atomic E-state index is 9.62. The largest absolute Gasteiger partial charge is 0.367 e. The van der Waals surface area contributed by atoms with Crippen LogP contribution in [-0.4, -0.2) is 5.54 Å². The number of nitrogens with one attached hydrogen (secondary N) is 1. The fourth-order valence-corrected chi connectivity index (χ4v) is 3.32. The Hall–Kier alpha value is -1.01. The van der Waals surface area contributed by atoms with E-state index in [9.17, 15) is 5.26 Å². The van der Waals surface area contributed by atoms with Gasteiger partial charge in [-0.2, -0.15) is 5.26 Å². The topological polar surface area (TPSA) is 35.8 Å². The Morgan fingerprint density at radius 3 is 2.20 bits per heavy atom. The second kappa shape index (κ2) is 5.77. The lowest BCUT2D eigenvalue weighted by Gasteiger charge is -2.41. The second-order valence-electron chi connectivity index (χ2n) is 6.97. The van der Waals surface area contributed by atoms with Crippen molar-refractivity contribution < 1.29 is 0 Å². The third-order valence-electron chi connectivity index (χ3n) is 4.51. The molecule has 0 aliphatic heterocycles. The number of nitrogens with zero attached hydrogens (tertiary/aromatic N) is 1. The highest BCUT2D eigenvalue weighted by Crippen LogP contribution is 2.42. The summed E-state index contributed by atoms with van der Waals surface area (Å²) in [6.45, 7) is 6.91. The molecule has 1 N–H and O–H groups in total. The van der Waals surface area contributed by atoms with Gasteiger partial charge in [-0.3, -0.25) is 0 Å². The van der Waals surface area contributed by atoms with Gasteiger partial charge in [0.05, 0.1) is 6.07 Å². The van der Waals surface area contributed by atoms with Gasteiger partial charge in [-0.15, -0.1) is 0 Å². The number of hydrogen-bond donors (Lipinski definition) is 1. The summed E-state index contributed by atoms with van der Waals surface area (Å²) in [5, 5.41) is 13.1. The molecule has 108 valence electrons. The molecule has 0 bridgehead atoms. The first-order chi connectivity index (χ1) is 9.35. The molecule has 0 saturated heterocycles. The van der Waals surface area contributed by atoms with E-state index in [4.69, 9.17) is 0 Å². The number of nitriles is 1. The Labute approximate surface area is 130 Å². The molecule has 1 fully saturated rings. The lowest BCUT2D eigenvalue weighted by atomic mass is 9.67. The quantitative estimate of drug-likeness (QED) is 0.790. The van der Waals surface area contributed by atoms with Gasteiger partial charge in [0.15, 0.2) is 0 Å². The van der Waals surface area contributed by atoms with Gasteiger partial charge in [-0.05, 0) is 61.3 Å². The molecule has 2 nitrogen and oxygen atoms in total. The van der Waals surface area contributed by atoms with Gasteiger partial charge in [0, 0.05) is 10.2 Å². The molecule has 3 heteroatoms. The van der Waals surface area contributed by atoms with Crippen LogP contribution in [0.4, 0.5) is 5.69 Å². The van der Waals surface area contributed by atoms with Gasteiger partial charge in [0.1, 0.15) is 5.54 Å². The van der Waals surface area contributed by atoms with E-state index in [1.165, 1.54) is 0 Å². The molecule has 0 unspecified atom stereocenters. The van der Waals surface area contributed by atoms with E-state index in [0.717, 1.165) is 41.8 Å². The molecule has 0 heterocycles. The van der Waals surface area contributed by atoms with Crippen molar-refractivity contribution >= 4 is 21.6 Å². The molecule has 1 aromatic carbocycles. The number of halogens is 1. The van der Waals surface area contributed by atoms with Crippen LogP contribution in [-0.2, 0) is 0 Å². The van der Waals surface area contributed by atoms with Gasteiger partial charge in [0.25, 0.3) is 0 Å². The van der Waals surface area contributed by atoms with Crippen molar-refractivity contribution in [1.82, 2.24) is 0 Å². The van der Waals surface area contributed by atoms with Crippen molar-refractivity contribution in [1.29, 1.82) is 5.26 Å². The number of anilines is 1. The van der Waals surface area contributed by atoms with Crippen LogP contribution in [0.1, 0.15) is 46.5 Å². The fourth-order valence-electron chi connectivity index (χ4n) is 3.05. The summed E-state index contributed by atoms with van der Waals surface area (Å²) in [6, 6.07) is 10.6. The maximum Gasteiger partial charge on any atom is 0.125 e. The first-order valence-electron chi connectivity index (χ1n) is 7.30. The SMILES string of the molecule is CC(C)(C)C1CCC(C#N)(Nc2ccc(Br)cc2)CC1. The normalized spacial score (nSPS) is 26.9. The van der Waals surface area contributed by atoms with E-state index in [1.54, 1.807) is 0 Å². The molecular formula is C17H23BrN2. The number of benzene rings is 1. The van der Waals surface area contributed by atoms with Crippen LogP contribution >= 0.6 is 15.9 Å². The van der Waals surface area contributed by atoms with Crippen molar-refractivity contribution in [3.8, 4) is 6.07 Å². The van der Waals surface area contributed by atoms with Crippen molar-refractivity contribution in [3.63, 3.8) is 0 Å². The third-order valence-corrected chi connectivity index (χ3v) is 5.03. The smallest absolute Gasteiger partial charge is 0.125 e. The lowest BCUT2D eigenvalue weighted by molar-refractivity contribution is 0.159. The molecule has 1 aromatic rings. The number of rotatable bonds is 2.